The largest absolute Gasteiger partial charge is 0.492 e. The third kappa shape index (κ3) is 4.38. The molecule has 2 N–H and O–H groups in total. The van der Waals surface area contributed by atoms with Gasteiger partial charge in [0, 0.05) is 6.04 Å². The fourth-order valence-electron chi connectivity index (χ4n) is 1.90. The maximum Gasteiger partial charge on any atom is 0.166 e. The normalized spacial score (nSPS) is 10.6. The van der Waals surface area contributed by atoms with Gasteiger partial charge in [-0.25, -0.2) is 0 Å². The Balaban J connectivity index is 1.79. The molecule has 0 atom stereocenters. The van der Waals surface area contributed by atoms with Crippen molar-refractivity contribution < 1.29 is 4.74 Å². The summed E-state index contributed by atoms with van der Waals surface area (Å²) in [5.41, 5.74) is 0. The Morgan fingerprint density at radius 2 is 1.90 bits per heavy atom. The van der Waals surface area contributed by atoms with E-state index < -0.39 is 0 Å². The van der Waals surface area contributed by atoms with Crippen LogP contribution in [0, 0.1) is 0 Å². The molecule has 0 spiro atoms. The van der Waals surface area contributed by atoms with Crippen LogP contribution >= 0.6 is 12.2 Å². The third-order valence-electron chi connectivity index (χ3n) is 2.80. The molecule has 2 rings (SSSR count). The van der Waals surface area contributed by atoms with Crippen LogP contribution in [0.15, 0.2) is 42.5 Å². The van der Waals surface area contributed by atoms with Gasteiger partial charge in [-0.3, -0.25) is 0 Å². The molecule has 2 aromatic rings. The van der Waals surface area contributed by atoms with Gasteiger partial charge in [0.15, 0.2) is 5.11 Å². The van der Waals surface area contributed by atoms with Crippen molar-refractivity contribution in [2.75, 3.05) is 13.2 Å². The summed E-state index contributed by atoms with van der Waals surface area (Å²) in [5.74, 6) is 0.883. The van der Waals surface area contributed by atoms with E-state index in [0.717, 1.165) is 5.75 Å². The predicted molar refractivity (Wildman–Crippen MR) is 88.3 cm³/mol. The minimum atomic E-state index is 0.344. The van der Waals surface area contributed by atoms with E-state index in [2.05, 4.69) is 48.7 Å². The van der Waals surface area contributed by atoms with E-state index in [-0.39, 0.29) is 0 Å². The average Bonchev–Trinajstić information content (AvgIpc) is 2.43. The molecule has 3 nitrogen and oxygen atoms in total. The first-order chi connectivity index (χ1) is 9.65. The van der Waals surface area contributed by atoms with Crippen molar-refractivity contribution in [3.8, 4) is 5.75 Å². The number of thiocarbonyl (C=S) groups is 1. The average molecular weight is 288 g/mol. The van der Waals surface area contributed by atoms with Crippen molar-refractivity contribution >= 4 is 28.1 Å². The van der Waals surface area contributed by atoms with Crippen LogP contribution in [0.3, 0.4) is 0 Å². The van der Waals surface area contributed by atoms with Crippen molar-refractivity contribution in [3.63, 3.8) is 0 Å². The van der Waals surface area contributed by atoms with Gasteiger partial charge in [-0.15, -0.1) is 0 Å². The van der Waals surface area contributed by atoms with Crippen LogP contribution in [0.25, 0.3) is 10.8 Å². The molecule has 0 aromatic heterocycles. The van der Waals surface area contributed by atoms with Gasteiger partial charge in [0.1, 0.15) is 12.4 Å². The number of nitrogens with one attached hydrogen (secondary N) is 2. The Morgan fingerprint density at radius 3 is 2.65 bits per heavy atom. The summed E-state index contributed by atoms with van der Waals surface area (Å²) in [6, 6.07) is 14.7. The van der Waals surface area contributed by atoms with Gasteiger partial charge in [-0.1, -0.05) is 30.3 Å². The van der Waals surface area contributed by atoms with Gasteiger partial charge in [0.05, 0.1) is 6.54 Å². The molecule has 0 saturated carbocycles. The Morgan fingerprint density at radius 1 is 1.15 bits per heavy atom. The molecule has 0 heterocycles. The number of ether oxygens (including phenoxy) is 1. The molecule has 0 aliphatic rings. The lowest BCUT2D eigenvalue weighted by Crippen LogP contribution is -2.40. The van der Waals surface area contributed by atoms with Crippen molar-refractivity contribution in [2.24, 2.45) is 0 Å². The zero-order valence-corrected chi connectivity index (χ0v) is 12.7. The lowest BCUT2D eigenvalue weighted by Gasteiger charge is -2.13. The van der Waals surface area contributed by atoms with Crippen molar-refractivity contribution in [1.29, 1.82) is 0 Å². The van der Waals surface area contributed by atoms with Gasteiger partial charge < -0.3 is 15.4 Å². The molecule has 0 fully saturated rings. The van der Waals surface area contributed by atoms with E-state index >= 15 is 0 Å². The second-order valence-corrected chi connectivity index (χ2v) is 5.32. The number of benzene rings is 2. The molecule has 0 aliphatic carbocycles. The summed E-state index contributed by atoms with van der Waals surface area (Å²) in [4.78, 5) is 0. The molecule has 0 aliphatic heterocycles. The molecule has 0 radical (unpaired) electrons. The molecular formula is C16H20N2OS. The van der Waals surface area contributed by atoms with Crippen LogP contribution in [0.1, 0.15) is 13.8 Å². The molecule has 0 saturated heterocycles. The van der Waals surface area contributed by atoms with Crippen molar-refractivity contribution in [2.45, 2.75) is 19.9 Å². The molecule has 0 bridgehead atoms. The van der Waals surface area contributed by atoms with Crippen LogP contribution in [-0.2, 0) is 0 Å². The number of fused-ring (bicyclic) bond motifs is 1. The molecule has 0 unspecified atom stereocenters. The van der Waals surface area contributed by atoms with E-state index in [0.29, 0.717) is 24.3 Å². The molecule has 2 aromatic carbocycles. The number of hydrogen-bond donors (Lipinski definition) is 2. The SMILES string of the molecule is CC(C)NC(=S)NCCOc1ccc2ccccc2c1. The summed E-state index contributed by atoms with van der Waals surface area (Å²) in [6.07, 6.45) is 0. The fourth-order valence-corrected chi connectivity index (χ4v) is 2.24. The third-order valence-corrected chi connectivity index (χ3v) is 3.06. The Labute approximate surface area is 125 Å². The molecule has 0 amide bonds. The minimum Gasteiger partial charge on any atom is -0.492 e. The fraction of sp³-hybridized carbons (Fsp3) is 0.312. The minimum absolute atomic E-state index is 0.344. The van der Waals surface area contributed by atoms with E-state index in [9.17, 15) is 0 Å². The smallest absolute Gasteiger partial charge is 0.166 e. The standard InChI is InChI=1S/C16H20N2OS/c1-12(2)18-16(20)17-9-10-19-15-8-7-13-5-3-4-6-14(13)11-15/h3-8,11-12H,9-10H2,1-2H3,(H2,17,18,20). The van der Waals surface area contributed by atoms with E-state index in [4.69, 9.17) is 17.0 Å². The van der Waals surface area contributed by atoms with Crippen molar-refractivity contribution in [1.82, 2.24) is 10.6 Å². The van der Waals surface area contributed by atoms with E-state index in [1.165, 1.54) is 10.8 Å². The number of rotatable bonds is 5. The monoisotopic (exact) mass is 288 g/mol. The molecule has 4 heteroatoms. The van der Waals surface area contributed by atoms with E-state index in [1.807, 2.05) is 18.2 Å². The lowest BCUT2D eigenvalue weighted by atomic mass is 10.1. The number of hydrogen-bond acceptors (Lipinski definition) is 2. The second kappa shape index (κ2) is 7.10. The first-order valence-electron chi connectivity index (χ1n) is 6.81. The van der Waals surface area contributed by atoms with Gasteiger partial charge in [0.2, 0.25) is 0 Å². The van der Waals surface area contributed by atoms with E-state index in [1.54, 1.807) is 0 Å². The summed E-state index contributed by atoms with van der Waals surface area (Å²) in [7, 11) is 0. The van der Waals surface area contributed by atoms with Crippen LogP contribution in [0.5, 0.6) is 5.75 Å². The quantitative estimate of drug-likeness (QED) is 0.654. The highest BCUT2D eigenvalue weighted by atomic mass is 32.1. The van der Waals surface area contributed by atoms with Crippen molar-refractivity contribution in [3.05, 3.63) is 42.5 Å². The molecule has 106 valence electrons. The maximum atomic E-state index is 5.72. The predicted octanol–water partition coefficient (Wildman–Crippen LogP) is 3.09. The van der Waals surface area contributed by atoms with Crippen LogP contribution in [0.4, 0.5) is 0 Å². The van der Waals surface area contributed by atoms with Crippen LogP contribution in [0.2, 0.25) is 0 Å². The Bertz CT molecular complexity index is 583. The van der Waals surface area contributed by atoms with Gasteiger partial charge in [-0.05, 0) is 49.0 Å². The van der Waals surface area contributed by atoms with Crippen LogP contribution < -0.4 is 15.4 Å². The van der Waals surface area contributed by atoms with Gasteiger partial charge in [-0.2, -0.15) is 0 Å². The zero-order valence-electron chi connectivity index (χ0n) is 11.8. The maximum absolute atomic E-state index is 5.72. The zero-order chi connectivity index (χ0) is 14.4. The first-order valence-corrected chi connectivity index (χ1v) is 7.22. The second-order valence-electron chi connectivity index (χ2n) is 4.91. The Kier molecular flexibility index (Phi) is 5.18. The van der Waals surface area contributed by atoms with Gasteiger partial charge in [0.25, 0.3) is 0 Å². The van der Waals surface area contributed by atoms with Crippen LogP contribution in [-0.4, -0.2) is 24.3 Å². The molecule has 20 heavy (non-hydrogen) atoms. The topological polar surface area (TPSA) is 33.3 Å². The summed E-state index contributed by atoms with van der Waals surface area (Å²) < 4.78 is 5.72. The van der Waals surface area contributed by atoms with Gasteiger partial charge >= 0.3 is 0 Å². The Hall–Kier alpha value is -1.81. The summed E-state index contributed by atoms with van der Waals surface area (Å²) in [6.45, 7) is 5.38. The highest BCUT2D eigenvalue weighted by Crippen LogP contribution is 2.20. The highest BCUT2D eigenvalue weighted by Gasteiger charge is 1.99. The molecular weight excluding hydrogens is 268 g/mol. The first kappa shape index (κ1) is 14.6. The highest BCUT2D eigenvalue weighted by molar-refractivity contribution is 7.80. The summed E-state index contributed by atoms with van der Waals surface area (Å²) >= 11 is 5.15. The lowest BCUT2D eigenvalue weighted by molar-refractivity contribution is 0.322. The summed E-state index contributed by atoms with van der Waals surface area (Å²) in [5, 5.41) is 9.33.